The van der Waals surface area contributed by atoms with Crippen LogP contribution < -0.4 is 5.32 Å². The van der Waals surface area contributed by atoms with E-state index in [9.17, 15) is 14.4 Å². The Morgan fingerprint density at radius 1 is 0.938 bits per heavy atom. The van der Waals surface area contributed by atoms with Crippen molar-refractivity contribution in [2.45, 2.75) is 51.9 Å². The normalized spacial score (nSPS) is 11.9. The molecule has 172 valence electrons. The molecule has 7 heteroatoms. The lowest BCUT2D eigenvalue weighted by Gasteiger charge is -2.25. The Kier molecular flexibility index (Phi) is 9.25. The standard InChI is InChI=1S/C25H32N2O5/c1-25(2,3)32-22(28)15-16-27(4)23(29)21(17-19-11-7-5-8-12-19)26-24(30)31-18-20-13-9-6-10-14-20/h5-14,21H,15-18H2,1-4H3,(H,26,30)/t21-/m0/s1. The molecule has 0 bridgehead atoms. The second kappa shape index (κ2) is 11.9. The van der Waals surface area contributed by atoms with Crippen LogP contribution in [-0.4, -0.2) is 48.1 Å². The highest BCUT2D eigenvalue weighted by Gasteiger charge is 2.26. The minimum absolute atomic E-state index is 0.0655. The summed E-state index contributed by atoms with van der Waals surface area (Å²) < 4.78 is 10.6. The van der Waals surface area contributed by atoms with E-state index in [0.717, 1.165) is 11.1 Å². The molecule has 0 saturated heterocycles. The van der Waals surface area contributed by atoms with Crippen molar-refractivity contribution in [3.05, 3.63) is 71.8 Å². The highest BCUT2D eigenvalue weighted by atomic mass is 16.6. The van der Waals surface area contributed by atoms with Gasteiger partial charge in [0.15, 0.2) is 0 Å². The van der Waals surface area contributed by atoms with Crippen molar-refractivity contribution in [3.8, 4) is 0 Å². The zero-order chi connectivity index (χ0) is 23.6. The maximum Gasteiger partial charge on any atom is 0.408 e. The van der Waals surface area contributed by atoms with Crippen LogP contribution >= 0.6 is 0 Å². The molecular weight excluding hydrogens is 408 g/mol. The van der Waals surface area contributed by atoms with Gasteiger partial charge in [0, 0.05) is 20.0 Å². The van der Waals surface area contributed by atoms with Gasteiger partial charge in [0.2, 0.25) is 5.91 Å². The minimum atomic E-state index is -0.829. The lowest BCUT2D eigenvalue weighted by Crippen LogP contribution is -2.49. The Morgan fingerprint density at radius 2 is 1.50 bits per heavy atom. The second-order valence-electron chi connectivity index (χ2n) is 8.54. The molecule has 0 heterocycles. The van der Waals surface area contributed by atoms with Crippen molar-refractivity contribution in [2.24, 2.45) is 0 Å². The van der Waals surface area contributed by atoms with Crippen LogP contribution in [0.2, 0.25) is 0 Å². The van der Waals surface area contributed by atoms with Gasteiger partial charge in [-0.25, -0.2) is 4.79 Å². The largest absolute Gasteiger partial charge is 0.460 e. The van der Waals surface area contributed by atoms with Crippen LogP contribution in [0.3, 0.4) is 0 Å². The number of carbonyl (C=O) groups excluding carboxylic acids is 3. The Balaban J connectivity index is 1.99. The molecule has 1 atom stereocenters. The summed E-state index contributed by atoms with van der Waals surface area (Å²) in [7, 11) is 1.60. The van der Waals surface area contributed by atoms with Crippen LogP contribution in [0.5, 0.6) is 0 Å². The molecule has 2 rings (SSSR count). The number of benzene rings is 2. The summed E-state index contributed by atoms with van der Waals surface area (Å²) >= 11 is 0. The molecule has 2 amide bonds. The van der Waals surface area contributed by atoms with E-state index < -0.39 is 17.7 Å². The van der Waals surface area contributed by atoms with Gasteiger partial charge in [-0.15, -0.1) is 0 Å². The number of hydrogen-bond acceptors (Lipinski definition) is 5. The zero-order valence-corrected chi connectivity index (χ0v) is 19.2. The summed E-state index contributed by atoms with van der Waals surface area (Å²) in [5.41, 5.74) is 1.16. The van der Waals surface area contributed by atoms with Crippen molar-refractivity contribution in [3.63, 3.8) is 0 Å². The molecular formula is C25H32N2O5. The Morgan fingerprint density at radius 3 is 2.06 bits per heavy atom. The van der Waals surface area contributed by atoms with Gasteiger partial charge in [-0.2, -0.15) is 0 Å². The molecule has 0 radical (unpaired) electrons. The summed E-state index contributed by atoms with van der Waals surface area (Å²) in [5, 5.41) is 2.67. The molecule has 0 aliphatic rings. The van der Waals surface area contributed by atoms with Crippen molar-refractivity contribution in [1.82, 2.24) is 10.2 Å². The number of amides is 2. The molecule has 32 heavy (non-hydrogen) atoms. The number of ether oxygens (including phenoxy) is 2. The van der Waals surface area contributed by atoms with Gasteiger partial charge in [-0.05, 0) is 31.9 Å². The summed E-state index contributed by atoms with van der Waals surface area (Å²) in [4.78, 5) is 38.9. The Bertz CT molecular complexity index is 878. The number of hydrogen-bond donors (Lipinski definition) is 1. The molecule has 7 nitrogen and oxygen atoms in total. The fraction of sp³-hybridized carbons (Fsp3) is 0.400. The number of nitrogens with one attached hydrogen (secondary N) is 1. The average molecular weight is 441 g/mol. The maximum atomic E-state index is 13.1. The first-order valence-electron chi connectivity index (χ1n) is 10.6. The molecule has 0 saturated carbocycles. The van der Waals surface area contributed by atoms with E-state index in [0.29, 0.717) is 6.42 Å². The van der Waals surface area contributed by atoms with E-state index in [1.165, 1.54) is 4.90 Å². The summed E-state index contributed by atoms with van der Waals surface area (Å²) in [6, 6.07) is 17.9. The van der Waals surface area contributed by atoms with Crippen LogP contribution in [0, 0.1) is 0 Å². The van der Waals surface area contributed by atoms with E-state index in [2.05, 4.69) is 5.32 Å². The molecule has 0 fully saturated rings. The number of esters is 1. The second-order valence-corrected chi connectivity index (χ2v) is 8.54. The molecule has 2 aromatic rings. The Hall–Kier alpha value is -3.35. The summed E-state index contributed by atoms with van der Waals surface area (Å²) in [6.07, 6.45) is -0.309. The minimum Gasteiger partial charge on any atom is -0.460 e. The predicted molar refractivity (Wildman–Crippen MR) is 122 cm³/mol. The van der Waals surface area contributed by atoms with E-state index in [-0.39, 0.29) is 31.4 Å². The number of alkyl carbamates (subject to hydrolysis) is 1. The molecule has 2 aromatic carbocycles. The molecule has 0 aromatic heterocycles. The smallest absolute Gasteiger partial charge is 0.408 e. The van der Waals surface area contributed by atoms with Crippen LogP contribution in [0.4, 0.5) is 4.79 Å². The van der Waals surface area contributed by atoms with Crippen molar-refractivity contribution < 1.29 is 23.9 Å². The first kappa shape index (κ1) is 24.9. The first-order valence-corrected chi connectivity index (χ1v) is 10.6. The average Bonchev–Trinajstić information content (AvgIpc) is 2.75. The van der Waals surface area contributed by atoms with Gasteiger partial charge < -0.3 is 19.7 Å². The van der Waals surface area contributed by atoms with E-state index in [4.69, 9.17) is 9.47 Å². The van der Waals surface area contributed by atoms with Crippen molar-refractivity contribution in [2.75, 3.05) is 13.6 Å². The Labute approximate surface area is 189 Å². The van der Waals surface area contributed by atoms with Crippen LogP contribution in [0.25, 0.3) is 0 Å². The monoisotopic (exact) mass is 440 g/mol. The predicted octanol–water partition coefficient (Wildman–Crippen LogP) is 3.71. The molecule has 0 aliphatic heterocycles. The number of rotatable bonds is 9. The van der Waals surface area contributed by atoms with Gasteiger partial charge >= 0.3 is 12.1 Å². The number of nitrogens with zero attached hydrogens (tertiary/aromatic N) is 1. The number of carbonyl (C=O) groups is 3. The van der Waals surface area contributed by atoms with Crippen LogP contribution in [0.1, 0.15) is 38.3 Å². The van der Waals surface area contributed by atoms with Crippen molar-refractivity contribution >= 4 is 18.0 Å². The number of likely N-dealkylation sites (N-methyl/N-ethyl adjacent to an activating group) is 1. The third-order valence-corrected chi connectivity index (χ3v) is 4.53. The molecule has 0 aliphatic carbocycles. The van der Waals surface area contributed by atoms with E-state index in [1.807, 2.05) is 60.7 Å². The van der Waals surface area contributed by atoms with E-state index >= 15 is 0 Å². The van der Waals surface area contributed by atoms with Gasteiger partial charge in [-0.1, -0.05) is 60.7 Å². The van der Waals surface area contributed by atoms with E-state index in [1.54, 1.807) is 27.8 Å². The van der Waals surface area contributed by atoms with Gasteiger partial charge in [0.1, 0.15) is 18.2 Å². The molecule has 0 unspecified atom stereocenters. The van der Waals surface area contributed by atoms with Gasteiger partial charge in [-0.3, -0.25) is 9.59 Å². The maximum absolute atomic E-state index is 13.1. The fourth-order valence-electron chi connectivity index (χ4n) is 2.98. The van der Waals surface area contributed by atoms with Crippen molar-refractivity contribution in [1.29, 1.82) is 0 Å². The first-order chi connectivity index (χ1) is 15.1. The lowest BCUT2D eigenvalue weighted by atomic mass is 10.0. The third-order valence-electron chi connectivity index (χ3n) is 4.53. The molecule has 0 spiro atoms. The van der Waals surface area contributed by atoms with Crippen LogP contribution in [0.15, 0.2) is 60.7 Å². The highest BCUT2D eigenvalue weighted by molar-refractivity contribution is 5.86. The third kappa shape index (κ3) is 9.20. The summed E-state index contributed by atoms with van der Waals surface area (Å²) in [5.74, 6) is -0.693. The van der Waals surface area contributed by atoms with Gasteiger partial charge in [0.25, 0.3) is 0 Å². The zero-order valence-electron chi connectivity index (χ0n) is 19.2. The lowest BCUT2D eigenvalue weighted by molar-refractivity contribution is -0.155. The summed E-state index contributed by atoms with van der Waals surface area (Å²) in [6.45, 7) is 5.66. The fourth-order valence-corrected chi connectivity index (χ4v) is 2.98. The SMILES string of the molecule is CN(CCC(=O)OC(C)(C)C)C(=O)[C@H](Cc1ccccc1)NC(=O)OCc1ccccc1. The quantitative estimate of drug-likeness (QED) is 0.601. The topological polar surface area (TPSA) is 84.9 Å². The van der Waals surface area contributed by atoms with Gasteiger partial charge in [0.05, 0.1) is 6.42 Å². The highest BCUT2D eigenvalue weighted by Crippen LogP contribution is 2.10. The molecule has 1 N–H and O–H groups in total. The van der Waals surface area contributed by atoms with Crippen LogP contribution in [-0.2, 0) is 32.1 Å².